The van der Waals surface area contributed by atoms with Crippen molar-refractivity contribution >= 4 is 51.5 Å². The number of nitrogens with zero attached hydrogens (tertiary/aromatic N) is 1. The fourth-order valence-electron chi connectivity index (χ4n) is 4.97. The number of fused-ring (bicyclic) bond motifs is 2. The molecule has 0 spiro atoms. The van der Waals surface area contributed by atoms with Gasteiger partial charge in [0.25, 0.3) is 0 Å². The van der Waals surface area contributed by atoms with E-state index in [-0.39, 0.29) is 31.8 Å². The highest BCUT2D eigenvalue weighted by molar-refractivity contribution is 5.95. The Balaban J connectivity index is 1.50. The SMILES string of the molecule is NC(N)=NCCCC(NC(=O)C(N)Cc1c[nH]c2ccccc12)C(=O)NC(Cc1c[nH]c2ccccc12)C(=O)NCC(=O)O. The second-order valence-corrected chi connectivity index (χ2v) is 10.4. The fraction of sp³-hybridized carbons (Fsp3) is 0.300. The number of carbonyl (C=O) groups excluding carboxylic acids is 3. The highest BCUT2D eigenvalue weighted by atomic mass is 16.4. The third kappa shape index (κ3) is 8.35. The smallest absolute Gasteiger partial charge is 0.322 e. The zero-order valence-corrected chi connectivity index (χ0v) is 24.0. The number of nitrogens with two attached hydrogens (primary N) is 3. The van der Waals surface area contributed by atoms with Crippen molar-refractivity contribution in [2.75, 3.05) is 13.1 Å². The van der Waals surface area contributed by atoms with E-state index in [0.717, 1.165) is 32.9 Å². The minimum absolute atomic E-state index is 0.0654. The Morgan fingerprint density at radius 2 is 1.36 bits per heavy atom. The van der Waals surface area contributed by atoms with Gasteiger partial charge < -0.3 is 48.2 Å². The molecule has 0 saturated carbocycles. The van der Waals surface area contributed by atoms with Gasteiger partial charge in [0, 0.05) is 47.2 Å². The molecule has 4 rings (SSSR count). The Bertz CT molecular complexity index is 1660. The highest BCUT2D eigenvalue weighted by Crippen LogP contribution is 2.20. The molecular weight excluding hydrogens is 566 g/mol. The number of benzene rings is 2. The summed E-state index contributed by atoms with van der Waals surface area (Å²) in [6.45, 7) is -0.415. The molecule has 3 unspecified atom stereocenters. The fourth-order valence-corrected chi connectivity index (χ4v) is 4.97. The van der Waals surface area contributed by atoms with Crippen LogP contribution in [-0.2, 0) is 32.0 Å². The van der Waals surface area contributed by atoms with Crippen LogP contribution in [0.5, 0.6) is 0 Å². The number of aliphatic carboxylic acids is 1. The number of aromatic nitrogens is 2. The van der Waals surface area contributed by atoms with Crippen LogP contribution in [0.1, 0.15) is 24.0 Å². The van der Waals surface area contributed by atoms with E-state index in [9.17, 15) is 19.2 Å². The number of carboxylic acid groups (broad SMARTS) is 1. The van der Waals surface area contributed by atoms with Crippen LogP contribution >= 0.6 is 0 Å². The molecule has 14 heteroatoms. The van der Waals surface area contributed by atoms with Crippen LogP contribution in [0.4, 0.5) is 0 Å². The summed E-state index contributed by atoms with van der Waals surface area (Å²) >= 11 is 0. The van der Waals surface area contributed by atoms with Crippen LogP contribution in [-0.4, -0.2) is 75.9 Å². The maximum atomic E-state index is 13.6. The summed E-state index contributed by atoms with van der Waals surface area (Å²) < 4.78 is 0. The molecule has 3 atom stereocenters. The Morgan fingerprint density at radius 1 is 0.795 bits per heavy atom. The molecule has 0 saturated heterocycles. The zero-order valence-electron chi connectivity index (χ0n) is 24.0. The van der Waals surface area contributed by atoms with Gasteiger partial charge in [-0.3, -0.25) is 24.2 Å². The first-order valence-corrected chi connectivity index (χ1v) is 14.1. The number of H-pyrrole nitrogens is 2. The number of aromatic amines is 2. The van der Waals surface area contributed by atoms with Crippen molar-refractivity contribution in [2.45, 2.75) is 43.8 Å². The van der Waals surface area contributed by atoms with Crippen LogP contribution in [0.25, 0.3) is 21.8 Å². The molecule has 12 N–H and O–H groups in total. The first-order valence-electron chi connectivity index (χ1n) is 14.1. The summed E-state index contributed by atoms with van der Waals surface area (Å²) in [5, 5.41) is 18.6. The Morgan fingerprint density at radius 3 is 1.95 bits per heavy atom. The van der Waals surface area contributed by atoms with Crippen molar-refractivity contribution < 1.29 is 24.3 Å². The van der Waals surface area contributed by atoms with Crippen LogP contribution in [0.3, 0.4) is 0 Å². The van der Waals surface area contributed by atoms with Gasteiger partial charge in [0.2, 0.25) is 17.7 Å². The van der Waals surface area contributed by atoms with Gasteiger partial charge in [-0.25, -0.2) is 0 Å². The predicted octanol–water partition coefficient (Wildman–Crippen LogP) is -0.0143. The Hall–Kier alpha value is -5.37. The van der Waals surface area contributed by atoms with Crippen molar-refractivity contribution in [1.29, 1.82) is 0 Å². The minimum Gasteiger partial charge on any atom is -0.480 e. The molecule has 0 aliphatic heterocycles. The Labute approximate surface area is 252 Å². The largest absolute Gasteiger partial charge is 0.480 e. The third-order valence-electron chi connectivity index (χ3n) is 7.18. The van der Waals surface area contributed by atoms with Gasteiger partial charge in [-0.15, -0.1) is 0 Å². The second kappa shape index (κ2) is 14.7. The average Bonchev–Trinajstić information content (AvgIpc) is 3.60. The number of hydrogen-bond acceptors (Lipinski definition) is 6. The van der Waals surface area contributed by atoms with Crippen LogP contribution < -0.4 is 33.2 Å². The van der Waals surface area contributed by atoms with Crippen molar-refractivity contribution in [3.8, 4) is 0 Å². The maximum absolute atomic E-state index is 13.6. The topological polar surface area (TPSA) is 247 Å². The standard InChI is InChI=1S/C30H37N9O5/c31-21(12-17-14-35-22-8-3-1-6-19(17)22)27(42)38-24(10-5-11-34-30(32)33)29(44)39-25(28(43)37-16-26(40)41)13-18-15-36-23-9-4-2-7-20(18)23/h1-4,6-9,14-15,21,24-25,35-36H,5,10-13,16,31H2,(H,37,43)(H,38,42)(H,39,44)(H,40,41)(H4,32,33,34). The molecule has 232 valence electrons. The van der Waals surface area contributed by atoms with E-state index >= 15 is 0 Å². The zero-order chi connectivity index (χ0) is 31.6. The van der Waals surface area contributed by atoms with Crippen molar-refractivity contribution in [3.05, 3.63) is 72.1 Å². The van der Waals surface area contributed by atoms with E-state index in [1.165, 1.54) is 0 Å². The number of amides is 3. The van der Waals surface area contributed by atoms with Gasteiger partial charge in [0.15, 0.2) is 5.96 Å². The molecule has 0 bridgehead atoms. The first kappa shape index (κ1) is 31.6. The average molecular weight is 604 g/mol. The van der Waals surface area contributed by atoms with Gasteiger partial charge in [-0.05, 0) is 42.5 Å². The molecule has 44 heavy (non-hydrogen) atoms. The second-order valence-electron chi connectivity index (χ2n) is 10.4. The number of rotatable bonds is 15. The molecule has 2 heterocycles. The lowest BCUT2D eigenvalue weighted by Crippen LogP contribution is -2.56. The van der Waals surface area contributed by atoms with Crippen LogP contribution in [0.2, 0.25) is 0 Å². The quantitative estimate of drug-likeness (QED) is 0.0506. The summed E-state index contributed by atoms with van der Waals surface area (Å²) in [5.41, 5.74) is 20.4. The number of guanidine groups is 1. The monoisotopic (exact) mass is 603 g/mol. The summed E-state index contributed by atoms with van der Waals surface area (Å²) in [4.78, 5) is 61.2. The van der Waals surface area contributed by atoms with E-state index in [4.69, 9.17) is 22.3 Å². The molecule has 0 aliphatic carbocycles. The number of hydrogen-bond donors (Lipinski definition) is 9. The highest BCUT2D eigenvalue weighted by Gasteiger charge is 2.29. The van der Waals surface area contributed by atoms with E-state index < -0.39 is 48.4 Å². The molecular formula is C30H37N9O5. The van der Waals surface area contributed by atoms with Gasteiger partial charge in [-0.1, -0.05) is 36.4 Å². The molecule has 2 aromatic carbocycles. The van der Waals surface area contributed by atoms with Crippen molar-refractivity contribution in [3.63, 3.8) is 0 Å². The molecule has 0 radical (unpaired) electrons. The lowest BCUT2D eigenvalue weighted by molar-refractivity contribution is -0.138. The lowest BCUT2D eigenvalue weighted by atomic mass is 10.0. The molecule has 2 aromatic heterocycles. The molecule has 14 nitrogen and oxygen atoms in total. The Kier molecular flexibility index (Phi) is 10.5. The number of carboxylic acids is 1. The van der Waals surface area contributed by atoms with Crippen LogP contribution in [0, 0.1) is 0 Å². The predicted molar refractivity (Wildman–Crippen MR) is 166 cm³/mol. The number of para-hydroxylation sites is 2. The van der Waals surface area contributed by atoms with Gasteiger partial charge >= 0.3 is 5.97 Å². The summed E-state index contributed by atoms with van der Waals surface area (Å²) in [7, 11) is 0. The van der Waals surface area contributed by atoms with E-state index in [1.807, 2.05) is 48.5 Å². The number of nitrogens with one attached hydrogen (secondary N) is 5. The summed E-state index contributed by atoms with van der Waals surface area (Å²) in [5.74, 6) is -3.22. The minimum atomic E-state index is -1.23. The van der Waals surface area contributed by atoms with E-state index in [1.54, 1.807) is 12.4 Å². The number of carbonyl (C=O) groups is 4. The van der Waals surface area contributed by atoms with Crippen molar-refractivity contribution in [2.24, 2.45) is 22.2 Å². The van der Waals surface area contributed by atoms with Crippen molar-refractivity contribution in [1.82, 2.24) is 25.9 Å². The van der Waals surface area contributed by atoms with E-state index in [0.29, 0.717) is 6.42 Å². The van der Waals surface area contributed by atoms with E-state index in [2.05, 4.69) is 30.9 Å². The molecule has 3 amide bonds. The third-order valence-corrected chi connectivity index (χ3v) is 7.18. The summed E-state index contributed by atoms with van der Waals surface area (Å²) in [6, 6.07) is 11.9. The maximum Gasteiger partial charge on any atom is 0.322 e. The molecule has 4 aromatic rings. The summed E-state index contributed by atoms with van der Waals surface area (Å²) in [6.07, 6.45) is 4.29. The first-order chi connectivity index (χ1) is 21.1. The molecule has 0 aliphatic rings. The van der Waals surface area contributed by atoms with Gasteiger partial charge in [-0.2, -0.15) is 0 Å². The lowest BCUT2D eigenvalue weighted by Gasteiger charge is -2.24. The normalized spacial score (nSPS) is 13.1. The molecule has 0 fully saturated rings. The van der Waals surface area contributed by atoms with Gasteiger partial charge in [0.05, 0.1) is 6.04 Å². The van der Waals surface area contributed by atoms with Gasteiger partial charge in [0.1, 0.15) is 18.6 Å². The van der Waals surface area contributed by atoms with Crippen LogP contribution in [0.15, 0.2) is 65.9 Å². The number of aliphatic imine (C=N–C) groups is 1.